The molecule has 2 heterocycles. The van der Waals surface area contributed by atoms with E-state index in [0.717, 1.165) is 23.1 Å². The second kappa shape index (κ2) is 7.92. The van der Waals surface area contributed by atoms with Crippen molar-refractivity contribution in [3.63, 3.8) is 0 Å². The van der Waals surface area contributed by atoms with E-state index in [-0.39, 0.29) is 17.0 Å². The topological polar surface area (TPSA) is 58.6 Å². The van der Waals surface area contributed by atoms with Gasteiger partial charge in [0, 0.05) is 4.88 Å². The summed E-state index contributed by atoms with van der Waals surface area (Å²) >= 11 is 1.25. The Morgan fingerprint density at radius 3 is 2.42 bits per heavy atom. The smallest absolute Gasteiger partial charge is 0.416 e. The summed E-state index contributed by atoms with van der Waals surface area (Å²) in [7, 11) is 1.46. The van der Waals surface area contributed by atoms with Crippen LogP contribution >= 0.6 is 11.3 Å². The molecule has 4 rings (SSSR count). The van der Waals surface area contributed by atoms with Crippen LogP contribution in [0.5, 0.6) is 5.75 Å². The molecular formula is C22H15F3N2O3S. The van der Waals surface area contributed by atoms with Crippen molar-refractivity contribution < 1.29 is 27.5 Å². The number of nitrogens with one attached hydrogen (secondary N) is 1. The van der Waals surface area contributed by atoms with Crippen molar-refractivity contribution in [2.45, 2.75) is 6.18 Å². The summed E-state index contributed by atoms with van der Waals surface area (Å²) in [5.74, 6) is -1.01. The average molecular weight is 444 g/mol. The predicted octanol–water partition coefficient (Wildman–Crippen LogP) is 5.17. The van der Waals surface area contributed by atoms with Crippen LogP contribution < -0.4 is 15.0 Å². The zero-order chi connectivity index (χ0) is 22.2. The number of anilines is 2. The average Bonchev–Trinajstić information content (AvgIpc) is 3.35. The number of amides is 2. The van der Waals surface area contributed by atoms with Crippen molar-refractivity contribution in [3.05, 3.63) is 82.2 Å². The lowest BCUT2D eigenvalue weighted by atomic mass is 10.1. The van der Waals surface area contributed by atoms with Crippen LogP contribution in [0.15, 0.2) is 71.7 Å². The normalized spacial score (nSPS) is 14.4. The van der Waals surface area contributed by atoms with Gasteiger partial charge in [-0.05, 0) is 41.8 Å². The molecule has 0 saturated heterocycles. The van der Waals surface area contributed by atoms with Gasteiger partial charge in [0.2, 0.25) is 0 Å². The maximum absolute atomic E-state index is 13.3. The Bertz CT molecular complexity index is 1190. The van der Waals surface area contributed by atoms with E-state index in [1.54, 1.807) is 41.8 Å². The largest absolute Gasteiger partial charge is 0.495 e. The number of rotatable bonds is 5. The molecule has 0 unspecified atom stereocenters. The molecule has 0 bridgehead atoms. The second-order valence-electron chi connectivity index (χ2n) is 6.55. The highest BCUT2D eigenvalue weighted by Gasteiger charge is 2.42. The number of halogens is 3. The quantitative estimate of drug-likeness (QED) is 0.552. The molecule has 1 aromatic heterocycles. The van der Waals surface area contributed by atoms with Gasteiger partial charge in [-0.25, -0.2) is 4.90 Å². The molecule has 0 fully saturated rings. The van der Waals surface area contributed by atoms with E-state index in [0.29, 0.717) is 16.3 Å². The molecular weight excluding hydrogens is 429 g/mol. The molecule has 3 aromatic rings. The highest BCUT2D eigenvalue weighted by molar-refractivity contribution is 7.11. The molecule has 0 aliphatic carbocycles. The first kappa shape index (κ1) is 20.7. The van der Waals surface area contributed by atoms with Crippen LogP contribution in [0.3, 0.4) is 0 Å². The van der Waals surface area contributed by atoms with E-state index in [1.807, 2.05) is 0 Å². The minimum absolute atomic E-state index is 0.0330. The highest BCUT2D eigenvalue weighted by Crippen LogP contribution is 2.38. The first-order chi connectivity index (χ1) is 14.8. The second-order valence-corrected chi connectivity index (χ2v) is 7.49. The molecule has 158 valence electrons. The Morgan fingerprint density at radius 2 is 1.74 bits per heavy atom. The lowest BCUT2D eigenvalue weighted by molar-refractivity contribution is -0.137. The number of hydrogen-bond donors (Lipinski definition) is 1. The third kappa shape index (κ3) is 3.79. The first-order valence-electron chi connectivity index (χ1n) is 9.05. The van der Waals surface area contributed by atoms with Crippen LogP contribution in [0.25, 0.3) is 5.57 Å². The number of para-hydroxylation sites is 2. The number of hydrogen-bond acceptors (Lipinski definition) is 5. The Kier molecular flexibility index (Phi) is 5.28. The fraction of sp³-hybridized carbons (Fsp3) is 0.0909. The number of carbonyl (C=O) groups excluding carboxylic acids is 2. The van der Waals surface area contributed by atoms with Crippen LogP contribution in [0, 0.1) is 0 Å². The lowest BCUT2D eigenvalue weighted by Gasteiger charge is -2.17. The summed E-state index contributed by atoms with van der Waals surface area (Å²) in [4.78, 5) is 27.8. The Labute approximate surface area is 179 Å². The third-order valence-corrected chi connectivity index (χ3v) is 5.54. The molecule has 1 aliphatic rings. The van der Waals surface area contributed by atoms with E-state index >= 15 is 0 Å². The van der Waals surface area contributed by atoms with Crippen molar-refractivity contribution in [3.8, 4) is 5.75 Å². The van der Waals surface area contributed by atoms with E-state index in [9.17, 15) is 22.8 Å². The summed E-state index contributed by atoms with van der Waals surface area (Å²) < 4.78 is 44.8. The summed E-state index contributed by atoms with van der Waals surface area (Å²) in [5.41, 5.74) is -0.608. The number of imide groups is 1. The van der Waals surface area contributed by atoms with Crippen LogP contribution in [0.2, 0.25) is 0 Å². The molecule has 0 saturated carbocycles. The molecule has 31 heavy (non-hydrogen) atoms. The van der Waals surface area contributed by atoms with Crippen molar-refractivity contribution in [2.24, 2.45) is 0 Å². The van der Waals surface area contributed by atoms with Gasteiger partial charge in [0.25, 0.3) is 11.8 Å². The molecule has 0 spiro atoms. The van der Waals surface area contributed by atoms with Gasteiger partial charge in [0.1, 0.15) is 11.4 Å². The minimum atomic E-state index is -4.61. The fourth-order valence-corrected chi connectivity index (χ4v) is 4.00. The SMILES string of the molecule is COc1ccccc1NC1=C(c2cccs2)C(=O)N(c2cccc(C(F)(F)F)c2)C1=O. The van der Waals surface area contributed by atoms with Gasteiger partial charge in [0.05, 0.1) is 29.6 Å². The monoisotopic (exact) mass is 444 g/mol. The number of ether oxygens (including phenoxy) is 1. The number of nitrogens with zero attached hydrogens (tertiary/aromatic N) is 1. The Balaban J connectivity index is 1.81. The van der Waals surface area contributed by atoms with Crippen LogP contribution in [0.4, 0.5) is 24.5 Å². The first-order valence-corrected chi connectivity index (χ1v) is 9.93. The molecule has 1 N–H and O–H groups in total. The van der Waals surface area contributed by atoms with Gasteiger partial charge in [0.15, 0.2) is 0 Å². The highest BCUT2D eigenvalue weighted by atomic mass is 32.1. The van der Waals surface area contributed by atoms with E-state index in [4.69, 9.17) is 4.74 Å². The summed E-state index contributed by atoms with van der Waals surface area (Å²) in [6.07, 6.45) is -4.61. The summed E-state index contributed by atoms with van der Waals surface area (Å²) in [6.45, 7) is 0. The van der Waals surface area contributed by atoms with Crippen molar-refractivity contribution in [2.75, 3.05) is 17.3 Å². The maximum atomic E-state index is 13.3. The van der Waals surface area contributed by atoms with Crippen molar-refractivity contribution >= 4 is 40.1 Å². The molecule has 0 atom stereocenters. The Morgan fingerprint density at radius 1 is 0.968 bits per heavy atom. The van der Waals surface area contributed by atoms with Gasteiger partial charge in [-0.2, -0.15) is 13.2 Å². The number of thiophene rings is 1. The molecule has 5 nitrogen and oxygen atoms in total. The third-order valence-electron chi connectivity index (χ3n) is 4.65. The zero-order valence-electron chi connectivity index (χ0n) is 16.1. The molecule has 2 amide bonds. The Hall–Kier alpha value is -3.59. The molecule has 9 heteroatoms. The van der Waals surface area contributed by atoms with Crippen molar-refractivity contribution in [1.82, 2.24) is 0 Å². The van der Waals surface area contributed by atoms with E-state index in [1.165, 1.54) is 24.5 Å². The van der Waals surface area contributed by atoms with Gasteiger partial charge in [-0.3, -0.25) is 9.59 Å². The van der Waals surface area contributed by atoms with E-state index < -0.39 is 23.6 Å². The maximum Gasteiger partial charge on any atom is 0.416 e. The van der Waals surface area contributed by atoms with Crippen LogP contribution in [-0.4, -0.2) is 18.9 Å². The van der Waals surface area contributed by atoms with Gasteiger partial charge < -0.3 is 10.1 Å². The molecule has 1 aliphatic heterocycles. The number of carbonyl (C=O) groups is 2. The number of benzene rings is 2. The van der Waals surface area contributed by atoms with Gasteiger partial charge >= 0.3 is 6.18 Å². The standard InChI is InChI=1S/C22H15F3N2O3S/c1-30-16-9-3-2-8-15(16)26-19-18(17-10-5-11-31-17)20(28)27(21(19)29)14-7-4-6-13(12-14)22(23,24)25/h2-12,26H,1H3. The van der Waals surface area contributed by atoms with E-state index in [2.05, 4.69) is 5.32 Å². The predicted molar refractivity (Wildman–Crippen MR) is 112 cm³/mol. The van der Waals surface area contributed by atoms with Gasteiger partial charge in [-0.1, -0.05) is 24.3 Å². The summed E-state index contributed by atoms with van der Waals surface area (Å²) in [5, 5.41) is 4.69. The minimum Gasteiger partial charge on any atom is -0.495 e. The zero-order valence-corrected chi connectivity index (χ0v) is 16.9. The number of alkyl halides is 3. The summed E-state index contributed by atoms with van der Waals surface area (Å²) in [6, 6.07) is 14.3. The lowest BCUT2D eigenvalue weighted by Crippen LogP contribution is -2.32. The number of methoxy groups -OCH3 is 1. The fourth-order valence-electron chi connectivity index (χ4n) is 3.23. The molecule has 0 radical (unpaired) electrons. The van der Waals surface area contributed by atoms with Gasteiger partial charge in [-0.15, -0.1) is 11.3 Å². The van der Waals surface area contributed by atoms with Crippen LogP contribution in [0.1, 0.15) is 10.4 Å². The van der Waals surface area contributed by atoms with Crippen molar-refractivity contribution in [1.29, 1.82) is 0 Å². The molecule has 2 aromatic carbocycles. The van der Waals surface area contributed by atoms with Crippen LogP contribution in [-0.2, 0) is 15.8 Å².